The summed E-state index contributed by atoms with van der Waals surface area (Å²) in [5, 5.41) is 5.12. The fourth-order valence-corrected chi connectivity index (χ4v) is 3.97. The number of fused-ring (bicyclic) bond motifs is 1. The number of quaternary nitrogens is 1. The highest BCUT2D eigenvalue weighted by atomic mass is 32.1. The van der Waals surface area contributed by atoms with Gasteiger partial charge >= 0.3 is 0 Å². The van der Waals surface area contributed by atoms with E-state index < -0.39 is 0 Å². The molecular formula is C17H21N2OS+. The van der Waals surface area contributed by atoms with Crippen molar-refractivity contribution in [3.8, 4) is 0 Å². The molecule has 110 valence electrons. The summed E-state index contributed by atoms with van der Waals surface area (Å²) in [5.74, 6) is 0.0494. The number of nitrogens with one attached hydrogen (secondary N) is 2. The highest BCUT2D eigenvalue weighted by Crippen LogP contribution is 2.18. The molecule has 1 unspecified atom stereocenters. The maximum atomic E-state index is 11.3. The van der Waals surface area contributed by atoms with Crippen molar-refractivity contribution in [1.82, 2.24) is 5.32 Å². The van der Waals surface area contributed by atoms with Crippen molar-refractivity contribution >= 4 is 17.2 Å². The third kappa shape index (κ3) is 3.34. The van der Waals surface area contributed by atoms with E-state index in [1.54, 1.807) is 23.2 Å². The lowest BCUT2D eigenvalue weighted by molar-refractivity contribution is -0.945. The molecule has 1 amide bonds. The van der Waals surface area contributed by atoms with Gasteiger partial charge in [-0.25, -0.2) is 0 Å². The molecule has 0 bridgehead atoms. The van der Waals surface area contributed by atoms with E-state index in [4.69, 9.17) is 0 Å². The van der Waals surface area contributed by atoms with Crippen molar-refractivity contribution in [3.63, 3.8) is 0 Å². The van der Waals surface area contributed by atoms with E-state index in [1.807, 2.05) is 0 Å². The molecule has 3 rings (SSSR count). The molecule has 2 heterocycles. The minimum atomic E-state index is 0.0494. The van der Waals surface area contributed by atoms with E-state index in [0.29, 0.717) is 12.6 Å². The third-order valence-electron chi connectivity index (χ3n) is 4.19. The maximum Gasteiger partial charge on any atom is 0.217 e. The summed E-state index contributed by atoms with van der Waals surface area (Å²) >= 11 is 1.79. The van der Waals surface area contributed by atoms with Crippen molar-refractivity contribution in [2.75, 3.05) is 13.1 Å². The summed E-state index contributed by atoms with van der Waals surface area (Å²) in [7, 11) is 0. The number of benzene rings is 1. The highest BCUT2D eigenvalue weighted by molar-refractivity contribution is 7.10. The van der Waals surface area contributed by atoms with Crippen LogP contribution >= 0.6 is 11.3 Å². The van der Waals surface area contributed by atoms with Crippen LogP contribution in [-0.2, 0) is 17.8 Å². The van der Waals surface area contributed by atoms with Crippen molar-refractivity contribution < 1.29 is 9.69 Å². The minimum Gasteiger partial charge on any atom is -0.350 e. The Labute approximate surface area is 129 Å². The van der Waals surface area contributed by atoms with Gasteiger partial charge in [-0.05, 0) is 17.0 Å². The van der Waals surface area contributed by atoms with Crippen LogP contribution in [0.15, 0.2) is 41.8 Å². The first-order valence-corrected chi connectivity index (χ1v) is 8.31. The van der Waals surface area contributed by atoms with Crippen LogP contribution in [-0.4, -0.2) is 19.0 Å². The van der Waals surface area contributed by atoms with Gasteiger partial charge in [-0.15, -0.1) is 11.3 Å². The minimum absolute atomic E-state index is 0.0494. The van der Waals surface area contributed by atoms with Gasteiger partial charge in [0.05, 0.1) is 18.0 Å². The van der Waals surface area contributed by atoms with E-state index in [1.165, 1.54) is 16.0 Å². The van der Waals surface area contributed by atoms with Crippen molar-refractivity contribution in [2.24, 2.45) is 0 Å². The predicted octanol–water partition coefficient (Wildman–Crippen LogP) is 1.57. The van der Waals surface area contributed by atoms with Gasteiger partial charge in [-0.1, -0.05) is 30.3 Å². The van der Waals surface area contributed by atoms with Gasteiger partial charge in [0.1, 0.15) is 12.6 Å². The second-order valence-corrected chi connectivity index (χ2v) is 6.59. The summed E-state index contributed by atoms with van der Waals surface area (Å²) < 4.78 is 0. The molecule has 0 aliphatic carbocycles. The topological polar surface area (TPSA) is 33.5 Å². The average molecular weight is 301 g/mol. The summed E-state index contributed by atoms with van der Waals surface area (Å²) in [6, 6.07) is 13.3. The normalized spacial score (nSPS) is 18.8. The van der Waals surface area contributed by atoms with Gasteiger partial charge in [0.25, 0.3) is 0 Å². The molecule has 1 aliphatic heterocycles. The molecule has 0 saturated carbocycles. The fourth-order valence-electron chi connectivity index (χ4n) is 3.08. The first-order chi connectivity index (χ1) is 10.2. The van der Waals surface area contributed by atoms with Crippen LogP contribution in [0.25, 0.3) is 0 Å². The zero-order valence-corrected chi connectivity index (χ0v) is 13.1. The largest absolute Gasteiger partial charge is 0.350 e. The molecule has 4 heteroatoms. The molecule has 2 N–H and O–H groups in total. The fraction of sp³-hybridized carbons (Fsp3) is 0.353. The van der Waals surface area contributed by atoms with Gasteiger partial charge in [-0.3, -0.25) is 4.79 Å². The molecule has 0 radical (unpaired) electrons. The predicted molar refractivity (Wildman–Crippen MR) is 85.4 cm³/mol. The number of carbonyl (C=O) groups is 1. The van der Waals surface area contributed by atoms with Crippen LogP contribution in [0, 0.1) is 0 Å². The molecule has 0 saturated heterocycles. The zero-order valence-electron chi connectivity index (χ0n) is 12.3. The lowest BCUT2D eigenvalue weighted by atomic mass is 9.98. The van der Waals surface area contributed by atoms with Gasteiger partial charge < -0.3 is 10.2 Å². The number of amides is 1. The zero-order chi connectivity index (χ0) is 14.7. The summed E-state index contributed by atoms with van der Waals surface area (Å²) in [5.41, 5.74) is 2.92. The quantitative estimate of drug-likeness (QED) is 0.883. The third-order valence-corrected chi connectivity index (χ3v) is 5.17. The van der Waals surface area contributed by atoms with Gasteiger partial charge in [0, 0.05) is 18.9 Å². The maximum absolute atomic E-state index is 11.3. The standard InChI is InChI=1S/C17H20N2OS/c1-13(20)18-11-16(17-7-4-10-21-17)19-9-8-14-5-2-3-6-15(14)12-19/h2-7,10,16H,8-9,11-12H2,1H3,(H,18,20)/p+1/t16-/m0/s1. The Morgan fingerprint density at radius 3 is 2.81 bits per heavy atom. The van der Waals surface area contributed by atoms with E-state index in [9.17, 15) is 4.79 Å². The number of hydrogen-bond acceptors (Lipinski definition) is 2. The monoisotopic (exact) mass is 301 g/mol. The lowest BCUT2D eigenvalue weighted by Gasteiger charge is -2.32. The Morgan fingerprint density at radius 2 is 2.10 bits per heavy atom. The number of hydrogen-bond donors (Lipinski definition) is 2. The summed E-state index contributed by atoms with van der Waals surface area (Å²) in [6.07, 6.45) is 1.12. The molecule has 1 aromatic heterocycles. The molecule has 2 aromatic rings. The molecule has 1 aromatic carbocycles. The number of rotatable bonds is 4. The SMILES string of the molecule is CC(=O)NC[C@@H](c1cccs1)[NH+]1CCc2ccccc2C1. The Bertz CT molecular complexity index is 609. The molecule has 1 aliphatic rings. The molecule has 0 fully saturated rings. The van der Waals surface area contributed by atoms with Gasteiger partial charge in [0.2, 0.25) is 5.91 Å². The van der Waals surface area contributed by atoms with Crippen LogP contribution in [0.1, 0.15) is 29.0 Å². The Kier molecular flexibility index (Phi) is 4.36. The molecule has 21 heavy (non-hydrogen) atoms. The van der Waals surface area contributed by atoms with E-state index in [-0.39, 0.29) is 5.91 Å². The second kappa shape index (κ2) is 6.41. The molecule has 3 nitrogen and oxygen atoms in total. The first-order valence-electron chi connectivity index (χ1n) is 7.43. The van der Waals surface area contributed by atoms with Crippen LogP contribution in [0.3, 0.4) is 0 Å². The molecular weight excluding hydrogens is 280 g/mol. The molecule has 0 spiro atoms. The summed E-state index contributed by atoms with van der Waals surface area (Å²) in [4.78, 5) is 14.2. The van der Waals surface area contributed by atoms with Crippen molar-refractivity contribution in [2.45, 2.75) is 25.9 Å². The van der Waals surface area contributed by atoms with Crippen LogP contribution in [0.2, 0.25) is 0 Å². The van der Waals surface area contributed by atoms with Gasteiger partial charge in [0.15, 0.2) is 0 Å². The van der Waals surface area contributed by atoms with E-state index in [0.717, 1.165) is 19.5 Å². The number of thiophene rings is 1. The lowest BCUT2D eigenvalue weighted by Crippen LogP contribution is -3.12. The van der Waals surface area contributed by atoms with E-state index >= 15 is 0 Å². The van der Waals surface area contributed by atoms with Crippen LogP contribution in [0.5, 0.6) is 0 Å². The highest BCUT2D eigenvalue weighted by Gasteiger charge is 2.29. The Balaban J connectivity index is 1.79. The van der Waals surface area contributed by atoms with Crippen LogP contribution < -0.4 is 10.2 Å². The Hall–Kier alpha value is -1.65. The number of carbonyl (C=O) groups excluding carboxylic acids is 1. The van der Waals surface area contributed by atoms with E-state index in [2.05, 4.69) is 47.1 Å². The Morgan fingerprint density at radius 1 is 1.29 bits per heavy atom. The summed E-state index contributed by atoms with van der Waals surface area (Å²) in [6.45, 7) is 4.47. The first kappa shape index (κ1) is 14.3. The average Bonchev–Trinajstić information content (AvgIpc) is 3.01. The second-order valence-electron chi connectivity index (χ2n) is 5.61. The van der Waals surface area contributed by atoms with Crippen molar-refractivity contribution in [1.29, 1.82) is 0 Å². The molecule has 2 atom stereocenters. The van der Waals surface area contributed by atoms with Gasteiger partial charge in [-0.2, -0.15) is 0 Å². The smallest absolute Gasteiger partial charge is 0.217 e. The van der Waals surface area contributed by atoms with Crippen molar-refractivity contribution in [3.05, 3.63) is 57.8 Å². The van der Waals surface area contributed by atoms with Crippen LogP contribution in [0.4, 0.5) is 0 Å².